The average molecular weight is 325 g/mol. The minimum Gasteiger partial charge on any atom is -0.318 e. The minimum absolute atomic E-state index is 0.0953. The molecule has 2 heterocycles. The molecule has 3 aromatic rings. The van der Waals surface area contributed by atoms with Crippen LogP contribution in [0.2, 0.25) is 0 Å². The van der Waals surface area contributed by atoms with Crippen LogP contribution in [0.4, 0.5) is 5.69 Å². The molecule has 0 aliphatic heterocycles. The van der Waals surface area contributed by atoms with E-state index in [0.29, 0.717) is 4.88 Å². The first-order valence-corrected chi connectivity index (χ1v) is 8.47. The van der Waals surface area contributed by atoms with E-state index in [1.54, 1.807) is 0 Å². The molecule has 0 fully saturated rings. The lowest BCUT2D eigenvalue weighted by Crippen LogP contribution is -2.11. The lowest BCUT2D eigenvalue weighted by Gasteiger charge is -2.09. The van der Waals surface area contributed by atoms with Gasteiger partial charge in [0, 0.05) is 5.56 Å². The summed E-state index contributed by atoms with van der Waals surface area (Å²) in [5.41, 5.74) is 5.90. The molecule has 0 saturated heterocycles. The van der Waals surface area contributed by atoms with Gasteiger partial charge in [0.25, 0.3) is 5.91 Å². The number of amides is 1. The molecule has 118 valence electrons. The van der Waals surface area contributed by atoms with E-state index in [2.05, 4.69) is 47.6 Å². The summed E-state index contributed by atoms with van der Waals surface area (Å²) in [5.74, 6) is -0.0953. The number of hydrogen-bond acceptors (Lipinski definition) is 3. The molecule has 0 spiro atoms. The van der Waals surface area contributed by atoms with Crippen LogP contribution in [0, 0.1) is 13.8 Å². The predicted molar refractivity (Wildman–Crippen MR) is 95.1 cm³/mol. The molecule has 23 heavy (non-hydrogen) atoms. The van der Waals surface area contributed by atoms with Crippen molar-refractivity contribution >= 4 is 22.9 Å². The molecule has 2 N–H and O–H groups in total. The predicted octanol–water partition coefficient (Wildman–Crippen LogP) is 4.57. The van der Waals surface area contributed by atoms with Gasteiger partial charge in [-0.25, -0.2) is 0 Å². The Bertz CT molecular complexity index is 834. The van der Waals surface area contributed by atoms with Gasteiger partial charge in [-0.1, -0.05) is 36.8 Å². The highest BCUT2D eigenvalue weighted by atomic mass is 32.1. The molecular formula is C18H19N3OS. The number of hydrogen-bond donors (Lipinski definition) is 2. The zero-order chi connectivity index (χ0) is 16.4. The Morgan fingerprint density at radius 1 is 1.30 bits per heavy atom. The van der Waals surface area contributed by atoms with E-state index in [1.807, 2.05) is 24.4 Å². The van der Waals surface area contributed by atoms with E-state index < -0.39 is 0 Å². The number of aryl methyl sites for hydroxylation is 3. The fourth-order valence-corrected chi connectivity index (χ4v) is 3.24. The van der Waals surface area contributed by atoms with Crippen molar-refractivity contribution in [2.75, 3.05) is 5.32 Å². The van der Waals surface area contributed by atoms with Crippen LogP contribution in [0.25, 0.3) is 11.3 Å². The van der Waals surface area contributed by atoms with Gasteiger partial charge in [0.15, 0.2) is 0 Å². The van der Waals surface area contributed by atoms with Crippen LogP contribution in [0.3, 0.4) is 0 Å². The van der Waals surface area contributed by atoms with Crippen LogP contribution >= 0.6 is 11.3 Å². The topological polar surface area (TPSA) is 57.8 Å². The van der Waals surface area contributed by atoms with Crippen molar-refractivity contribution in [2.24, 2.45) is 0 Å². The van der Waals surface area contributed by atoms with E-state index in [0.717, 1.165) is 34.6 Å². The largest absolute Gasteiger partial charge is 0.318 e. The van der Waals surface area contributed by atoms with Gasteiger partial charge in [-0.05, 0) is 37.3 Å². The number of nitrogens with one attached hydrogen (secondary N) is 2. The van der Waals surface area contributed by atoms with E-state index in [-0.39, 0.29) is 5.91 Å². The van der Waals surface area contributed by atoms with E-state index in [1.165, 1.54) is 16.9 Å². The quantitative estimate of drug-likeness (QED) is 0.738. The molecule has 0 unspecified atom stereocenters. The summed E-state index contributed by atoms with van der Waals surface area (Å²) in [5, 5.41) is 12.4. The van der Waals surface area contributed by atoms with Crippen molar-refractivity contribution in [2.45, 2.75) is 27.2 Å². The summed E-state index contributed by atoms with van der Waals surface area (Å²) in [4.78, 5) is 13.1. The third kappa shape index (κ3) is 3.05. The first-order valence-electron chi connectivity index (χ1n) is 7.60. The number of H-pyrrole nitrogens is 1. The van der Waals surface area contributed by atoms with Crippen molar-refractivity contribution in [3.05, 3.63) is 57.4 Å². The zero-order valence-corrected chi connectivity index (χ0v) is 14.3. The summed E-state index contributed by atoms with van der Waals surface area (Å²) >= 11 is 1.43. The Labute approximate surface area is 139 Å². The third-order valence-electron chi connectivity index (χ3n) is 3.82. The average Bonchev–Trinajstić information content (AvgIpc) is 3.17. The maximum atomic E-state index is 12.4. The molecule has 0 aliphatic rings. The SMILES string of the molecule is CCc1[nH]nc(-c2ccc(C)cc2C)c1NC(=O)c1cccs1. The number of anilines is 1. The number of aromatic nitrogens is 2. The molecule has 1 aromatic carbocycles. The van der Waals surface area contributed by atoms with Gasteiger partial charge in [0.05, 0.1) is 16.3 Å². The van der Waals surface area contributed by atoms with Gasteiger partial charge in [0.1, 0.15) is 5.69 Å². The second kappa shape index (κ2) is 6.38. The van der Waals surface area contributed by atoms with Gasteiger partial charge in [-0.2, -0.15) is 5.10 Å². The Hall–Kier alpha value is -2.40. The first kappa shape index (κ1) is 15.5. The fraction of sp³-hybridized carbons (Fsp3) is 0.222. The highest BCUT2D eigenvalue weighted by molar-refractivity contribution is 7.12. The Balaban J connectivity index is 2.02. The van der Waals surface area contributed by atoms with Gasteiger partial charge < -0.3 is 5.32 Å². The molecule has 1 amide bonds. The summed E-state index contributed by atoms with van der Waals surface area (Å²) < 4.78 is 0. The lowest BCUT2D eigenvalue weighted by atomic mass is 10.0. The summed E-state index contributed by atoms with van der Waals surface area (Å²) in [6.07, 6.45) is 0.776. The number of benzene rings is 1. The molecule has 0 aliphatic carbocycles. The smallest absolute Gasteiger partial charge is 0.265 e. The zero-order valence-electron chi connectivity index (χ0n) is 13.4. The molecule has 5 heteroatoms. The number of carbonyl (C=O) groups is 1. The van der Waals surface area contributed by atoms with E-state index in [9.17, 15) is 4.79 Å². The monoisotopic (exact) mass is 325 g/mol. The van der Waals surface area contributed by atoms with E-state index >= 15 is 0 Å². The van der Waals surface area contributed by atoms with Crippen LogP contribution in [-0.4, -0.2) is 16.1 Å². The first-order chi connectivity index (χ1) is 11.1. The van der Waals surface area contributed by atoms with Crippen molar-refractivity contribution in [3.63, 3.8) is 0 Å². The number of rotatable bonds is 4. The Morgan fingerprint density at radius 2 is 2.13 bits per heavy atom. The van der Waals surface area contributed by atoms with Crippen LogP contribution in [-0.2, 0) is 6.42 Å². The highest BCUT2D eigenvalue weighted by Crippen LogP contribution is 2.32. The normalized spacial score (nSPS) is 10.7. The Morgan fingerprint density at radius 3 is 2.78 bits per heavy atom. The van der Waals surface area contributed by atoms with Crippen molar-refractivity contribution < 1.29 is 4.79 Å². The third-order valence-corrected chi connectivity index (χ3v) is 4.68. The number of carbonyl (C=O) groups excluding carboxylic acids is 1. The molecule has 2 aromatic heterocycles. The Kier molecular flexibility index (Phi) is 4.30. The molecule has 0 saturated carbocycles. The summed E-state index contributed by atoms with van der Waals surface area (Å²) in [7, 11) is 0. The molecule has 0 atom stereocenters. The number of nitrogens with zero attached hydrogens (tertiary/aromatic N) is 1. The molecule has 0 bridgehead atoms. The summed E-state index contributed by atoms with van der Waals surface area (Å²) in [6, 6.07) is 9.94. The fourth-order valence-electron chi connectivity index (χ4n) is 2.63. The van der Waals surface area contributed by atoms with Crippen molar-refractivity contribution in [3.8, 4) is 11.3 Å². The van der Waals surface area contributed by atoms with Crippen LogP contribution in [0.1, 0.15) is 33.4 Å². The van der Waals surface area contributed by atoms with Gasteiger partial charge >= 0.3 is 0 Å². The highest BCUT2D eigenvalue weighted by Gasteiger charge is 2.18. The molecular weight excluding hydrogens is 306 g/mol. The number of thiophene rings is 1. The molecule has 4 nitrogen and oxygen atoms in total. The minimum atomic E-state index is -0.0953. The second-order valence-corrected chi connectivity index (χ2v) is 6.48. The van der Waals surface area contributed by atoms with Gasteiger partial charge in [-0.15, -0.1) is 11.3 Å². The second-order valence-electron chi connectivity index (χ2n) is 5.53. The van der Waals surface area contributed by atoms with Gasteiger partial charge in [0.2, 0.25) is 0 Å². The molecule has 3 rings (SSSR count). The number of aromatic amines is 1. The maximum absolute atomic E-state index is 12.4. The molecule has 0 radical (unpaired) electrons. The van der Waals surface area contributed by atoms with Crippen molar-refractivity contribution in [1.29, 1.82) is 0 Å². The van der Waals surface area contributed by atoms with E-state index in [4.69, 9.17) is 0 Å². The standard InChI is InChI=1S/C18H19N3OS/c1-4-14-17(19-18(22)15-6-5-9-23-15)16(21-20-14)13-8-7-11(2)10-12(13)3/h5-10H,4H2,1-3H3,(H,19,22)(H,20,21). The van der Waals surface area contributed by atoms with Crippen LogP contribution < -0.4 is 5.32 Å². The van der Waals surface area contributed by atoms with Crippen molar-refractivity contribution in [1.82, 2.24) is 10.2 Å². The maximum Gasteiger partial charge on any atom is 0.265 e. The lowest BCUT2D eigenvalue weighted by molar-refractivity contribution is 0.103. The van der Waals surface area contributed by atoms with Gasteiger partial charge in [-0.3, -0.25) is 9.89 Å². The van der Waals surface area contributed by atoms with Crippen LogP contribution in [0.5, 0.6) is 0 Å². The van der Waals surface area contributed by atoms with Crippen LogP contribution in [0.15, 0.2) is 35.7 Å². The summed E-state index contributed by atoms with van der Waals surface area (Å²) in [6.45, 7) is 6.17.